The molecule has 1 heterocycles. The van der Waals surface area contributed by atoms with Crippen LogP contribution in [-0.4, -0.2) is 29.0 Å². The molecule has 0 saturated heterocycles. The van der Waals surface area contributed by atoms with Gasteiger partial charge in [0.05, 0.1) is 0 Å². The van der Waals surface area contributed by atoms with Gasteiger partial charge in [-0.2, -0.15) is 15.0 Å². The van der Waals surface area contributed by atoms with Crippen molar-refractivity contribution in [2.24, 2.45) is 0 Å². The summed E-state index contributed by atoms with van der Waals surface area (Å²) < 4.78 is 0. The summed E-state index contributed by atoms with van der Waals surface area (Å²) >= 11 is 0. The summed E-state index contributed by atoms with van der Waals surface area (Å²) in [6.07, 6.45) is 1.02. The maximum Gasteiger partial charge on any atom is 0.233 e. The molecule has 100 valence electrons. The van der Waals surface area contributed by atoms with Gasteiger partial charge in [0.15, 0.2) is 0 Å². The zero-order valence-corrected chi connectivity index (χ0v) is 11.4. The first-order chi connectivity index (χ1) is 9.08. The maximum atomic E-state index is 5.67. The summed E-state index contributed by atoms with van der Waals surface area (Å²) in [6.45, 7) is 2.12. The fourth-order valence-electron chi connectivity index (χ4n) is 1.59. The van der Waals surface area contributed by atoms with Gasteiger partial charge in [-0.3, -0.25) is 0 Å². The summed E-state index contributed by atoms with van der Waals surface area (Å²) in [7, 11) is 3.71. The number of aromatic nitrogens is 3. The Hall–Kier alpha value is -2.37. The summed E-state index contributed by atoms with van der Waals surface area (Å²) in [5.41, 5.74) is 7.88. The van der Waals surface area contributed by atoms with E-state index in [1.54, 1.807) is 4.90 Å². The largest absolute Gasteiger partial charge is 0.368 e. The lowest BCUT2D eigenvalue weighted by atomic mass is 10.1. The van der Waals surface area contributed by atoms with Crippen molar-refractivity contribution < 1.29 is 0 Å². The van der Waals surface area contributed by atoms with E-state index in [2.05, 4.69) is 39.3 Å². The van der Waals surface area contributed by atoms with Crippen molar-refractivity contribution in [1.82, 2.24) is 15.0 Å². The average Bonchev–Trinajstić information content (AvgIpc) is 2.39. The van der Waals surface area contributed by atoms with Gasteiger partial charge in [-0.1, -0.05) is 19.1 Å². The molecule has 0 aliphatic heterocycles. The van der Waals surface area contributed by atoms with Gasteiger partial charge in [-0.05, 0) is 24.1 Å². The molecule has 0 aliphatic carbocycles. The van der Waals surface area contributed by atoms with Crippen molar-refractivity contribution in [1.29, 1.82) is 0 Å². The van der Waals surface area contributed by atoms with Gasteiger partial charge >= 0.3 is 0 Å². The Labute approximate surface area is 112 Å². The highest BCUT2D eigenvalue weighted by molar-refractivity contribution is 5.55. The predicted molar refractivity (Wildman–Crippen MR) is 77.7 cm³/mol. The molecule has 0 fully saturated rings. The van der Waals surface area contributed by atoms with Crippen LogP contribution in [-0.2, 0) is 6.42 Å². The fourth-order valence-corrected chi connectivity index (χ4v) is 1.59. The van der Waals surface area contributed by atoms with Crippen molar-refractivity contribution in [3.8, 4) is 0 Å². The molecule has 0 saturated carbocycles. The number of nitrogens with two attached hydrogens (primary N) is 1. The number of hydrogen-bond acceptors (Lipinski definition) is 6. The molecule has 0 aliphatic rings. The number of nitrogen functional groups attached to an aromatic ring is 1. The van der Waals surface area contributed by atoms with Crippen molar-refractivity contribution >= 4 is 23.5 Å². The van der Waals surface area contributed by atoms with E-state index in [4.69, 9.17) is 5.73 Å². The lowest BCUT2D eigenvalue weighted by Gasteiger charge is -2.12. The number of rotatable bonds is 4. The van der Waals surface area contributed by atoms with Crippen LogP contribution in [0.2, 0.25) is 0 Å². The van der Waals surface area contributed by atoms with Crippen molar-refractivity contribution in [2.75, 3.05) is 30.0 Å². The fraction of sp³-hybridized carbons (Fsp3) is 0.308. The Kier molecular flexibility index (Phi) is 3.79. The Balaban J connectivity index is 2.22. The van der Waals surface area contributed by atoms with E-state index in [0.717, 1.165) is 12.1 Å². The van der Waals surface area contributed by atoms with E-state index < -0.39 is 0 Å². The van der Waals surface area contributed by atoms with Crippen LogP contribution in [0.15, 0.2) is 24.3 Å². The van der Waals surface area contributed by atoms with Crippen LogP contribution in [0, 0.1) is 0 Å². The number of anilines is 4. The minimum atomic E-state index is 0.200. The van der Waals surface area contributed by atoms with Crippen LogP contribution >= 0.6 is 0 Å². The molecule has 2 aromatic rings. The van der Waals surface area contributed by atoms with E-state index in [9.17, 15) is 0 Å². The first kappa shape index (κ1) is 13.1. The molecule has 0 amide bonds. The molecule has 0 atom stereocenters. The zero-order chi connectivity index (χ0) is 13.8. The molecule has 1 aromatic heterocycles. The summed E-state index contributed by atoms with van der Waals surface area (Å²) in [4.78, 5) is 14.2. The van der Waals surface area contributed by atoms with Crippen LogP contribution in [0.4, 0.5) is 23.5 Å². The second-order valence-corrected chi connectivity index (χ2v) is 4.39. The highest BCUT2D eigenvalue weighted by Crippen LogP contribution is 2.16. The van der Waals surface area contributed by atoms with E-state index in [1.165, 1.54) is 5.56 Å². The molecule has 2 rings (SSSR count). The Bertz CT molecular complexity index is 550. The van der Waals surface area contributed by atoms with Crippen LogP contribution in [0.25, 0.3) is 0 Å². The highest BCUT2D eigenvalue weighted by atomic mass is 15.3. The monoisotopic (exact) mass is 258 g/mol. The second-order valence-electron chi connectivity index (χ2n) is 4.39. The predicted octanol–water partition coefficient (Wildman–Crippen LogP) is 1.83. The third-order valence-electron chi connectivity index (χ3n) is 2.66. The molecule has 0 spiro atoms. The first-order valence-corrected chi connectivity index (χ1v) is 6.13. The SMILES string of the molecule is CCc1ccc(Nc2nc(N)nc(N(C)C)n2)cc1. The number of aryl methyl sites for hydroxylation is 1. The van der Waals surface area contributed by atoms with E-state index >= 15 is 0 Å². The zero-order valence-electron chi connectivity index (χ0n) is 11.4. The van der Waals surface area contributed by atoms with E-state index in [1.807, 2.05) is 26.2 Å². The van der Waals surface area contributed by atoms with Gasteiger partial charge in [0.2, 0.25) is 17.8 Å². The third-order valence-corrected chi connectivity index (χ3v) is 2.66. The normalized spacial score (nSPS) is 10.3. The molecular formula is C13H18N6. The van der Waals surface area contributed by atoms with E-state index in [-0.39, 0.29) is 5.95 Å². The second kappa shape index (κ2) is 5.51. The Morgan fingerprint density at radius 2 is 1.79 bits per heavy atom. The number of benzene rings is 1. The molecule has 0 unspecified atom stereocenters. The van der Waals surface area contributed by atoms with Gasteiger partial charge in [0, 0.05) is 19.8 Å². The maximum absolute atomic E-state index is 5.67. The molecule has 0 bridgehead atoms. The smallest absolute Gasteiger partial charge is 0.233 e. The standard InChI is InChI=1S/C13H18N6/c1-4-9-5-7-10(8-6-9)15-12-16-11(14)17-13(18-12)19(2)3/h5-8H,4H2,1-3H3,(H3,14,15,16,17,18). The highest BCUT2D eigenvalue weighted by Gasteiger charge is 2.06. The van der Waals surface area contributed by atoms with Crippen LogP contribution in [0.3, 0.4) is 0 Å². The summed E-state index contributed by atoms with van der Waals surface area (Å²) in [5.74, 6) is 1.17. The van der Waals surface area contributed by atoms with Gasteiger partial charge in [0.25, 0.3) is 0 Å². The van der Waals surface area contributed by atoms with Gasteiger partial charge in [-0.15, -0.1) is 0 Å². The summed E-state index contributed by atoms with van der Waals surface area (Å²) in [6, 6.07) is 8.13. The van der Waals surface area contributed by atoms with Crippen LogP contribution < -0.4 is 16.0 Å². The Morgan fingerprint density at radius 1 is 1.11 bits per heavy atom. The van der Waals surface area contributed by atoms with Gasteiger partial charge < -0.3 is 16.0 Å². The van der Waals surface area contributed by atoms with Crippen molar-refractivity contribution in [2.45, 2.75) is 13.3 Å². The Morgan fingerprint density at radius 3 is 2.37 bits per heavy atom. The minimum Gasteiger partial charge on any atom is -0.368 e. The molecule has 19 heavy (non-hydrogen) atoms. The van der Waals surface area contributed by atoms with Crippen LogP contribution in [0.1, 0.15) is 12.5 Å². The minimum absolute atomic E-state index is 0.200. The average molecular weight is 258 g/mol. The molecule has 6 nitrogen and oxygen atoms in total. The molecule has 3 N–H and O–H groups in total. The molecule has 0 radical (unpaired) electrons. The molecule has 1 aromatic carbocycles. The van der Waals surface area contributed by atoms with Gasteiger partial charge in [-0.25, -0.2) is 0 Å². The van der Waals surface area contributed by atoms with Crippen LogP contribution in [0.5, 0.6) is 0 Å². The first-order valence-electron chi connectivity index (χ1n) is 6.13. The lowest BCUT2D eigenvalue weighted by Crippen LogP contribution is -2.15. The lowest BCUT2D eigenvalue weighted by molar-refractivity contribution is 0.969. The molecular weight excluding hydrogens is 240 g/mol. The number of hydrogen-bond donors (Lipinski definition) is 2. The van der Waals surface area contributed by atoms with Crippen molar-refractivity contribution in [3.05, 3.63) is 29.8 Å². The topological polar surface area (TPSA) is 80.0 Å². The van der Waals surface area contributed by atoms with Gasteiger partial charge in [0.1, 0.15) is 0 Å². The van der Waals surface area contributed by atoms with E-state index in [0.29, 0.717) is 11.9 Å². The third kappa shape index (κ3) is 3.31. The quantitative estimate of drug-likeness (QED) is 0.870. The number of nitrogens with zero attached hydrogens (tertiary/aromatic N) is 4. The molecule has 6 heteroatoms. The number of nitrogens with one attached hydrogen (secondary N) is 1. The summed E-state index contributed by atoms with van der Waals surface area (Å²) in [5, 5.41) is 3.12. The van der Waals surface area contributed by atoms with Crippen molar-refractivity contribution in [3.63, 3.8) is 0 Å².